The van der Waals surface area contributed by atoms with Gasteiger partial charge in [-0.25, -0.2) is 0 Å². The summed E-state index contributed by atoms with van der Waals surface area (Å²) in [5, 5.41) is 2.80. The SMILES string of the molecule is C=CCOc1ccc(/C=C2/SC(NC(C)=O)=NC2=O)cc1OCC. The Hall–Kier alpha value is -2.54. The molecule has 0 aromatic heterocycles. The largest absolute Gasteiger partial charge is 0.490 e. The topological polar surface area (TPSA) is 77.0 Å². The second-order valence-corrected chi connectivity index (χ2v) is 5.78. The lowest BCUT2D eigenvalue weighted by Gasteiger charge is -2.11. The number of nitrogens with zero attached hydrogens (tertiary/aromatic N) is 1. The van der Waals surface area contributed by atoms with Crippen molar-refractivity contribution in [1.82, 2.24) is 5.32 Å². The Morgan fingerprint density at radius 2 is 2.17 bits per heavy atom. The van der Waals surface area contributed by atoms with Crippen LogP contribution < -0.4 is 14.8 Å². The third kappa shape index (κ3) is 4.73. The molecule has 1 aliphatic heterocycles. The van der Waals surface area contributed by atoms with E-state index in [-0.39, 0.29) is 17.0 Å². The summed E-state index contributed by atoms with van der Waals surface area (Å²) in [6, 6.07) is 5.39. The predicted molar refractivity (Wildman–Crippen MR) is 95.1 cm³/mol. The molecule has 0 saturated carbocycles. The van der Waals surface area contributed by atoms with Gasteiger partial charge in [-0.15, -0.1) is 0 Å². The first-order chi connectivity index (χ1) is 11.5. The van der Waals surface area contributed by atoms with Crippen LogP contribution in [0.2, 0.25) is 0 Å². The molecule has 0 spiro atoms. The Balaban J connectivity index is 2.20. The second kappa shape index (κ2) is 8.35. The fourth-order valence-corrected chi connectivity index (χ4v) is 2.77. The molecule has 0 bridgehead atoms. The minimum Gasteiger partial charge on any atom is -0.490 e. The van der Waals surface area contributed by atoms with E-state index in [1.54, 1.807) is 24.3 Å². The maximum atomic E-state index is 11.9. The molecule has 0 saturated heterocycles. The Bertz CT molecular complexity index is 725. The quantitative estimate of drug-likeness (QED) is 0.633. The van der Waals surface area contributed by atoms with Crippen molar-refractivity contribution in [2.45, 2.75) is 13.8 Å². The summed E-state index contributed by atoms with van der Waals surface area (Å²) >= 11 is 1.12. The van der Waals surface area contributed by atoms with E-state index >= 15 is 0 Å². The minimum absolute atomic E-state index is 0.266. The average Bonchev–Trinajstić information content (AvgIpc) is 2.85. The highest BCUT2D eigenvalue weighted by Gasteiger charge is 2.22. The first-order valence-corrected chi connectivity index (χ1v) is 8.15. The van der Waals surface area contributed by atoms with Crippen LogP contribution in [-0.2, 0) is 9.59 Å². The fourth-order valence-electron chi connectivity index (χ4n) is 1.92. The molecule has 1 N–H and O–H groups in total. The summed E-state index contributed by atoms with van der Waals surface area (Å²) in [6.07, 6.45) is 3.35. The molecule has 2 rings (SSSR count). The van der Waals surface area contributed by atoms with E-state index in [0.717, 1.165) is 17.3 Å². The molecule has 1 aromatic rings. The molecule has 6 nitrogen and oxygen atoms in total. The zero-order valence-corrected chi connectivity index (χ0v) is 14.3. The summed E-state index contributed by atoms with van der Waals surface area (Å²) in [5.74, 6) is 0.554. The highest BCUT2D eigenvalue weighted by Crippen LogP contribution is 2.32. The number of hydrogen-bond donors (Lipinski definition) is 1. The van der Waals surface area contributed by atoms with Gasteiger partial charge in [0, 0.05) is 6.92 Å². The van der Waals surface area contributed by atoms with Gasteiger partial charge >= 0.3 is 0 Å². The number of benzene rings is 1. The molecule has 0 aliphatic carbocycles. The van der Waals surface area contributed by atoms with E-state index in [2.05, 4.69) is 16.9 Å². The molecule has 1 heterocycles. The van der Waals surface area contributed by atoms with Crippen molar-refractivity contribution < 1.29 is 19.1 Å². The number of rotatable bonds is 6. The van der Waals surface area contributed by atoms with Gasteiger partial charge in [-0.3, -0.25) is 9.59 Å². The van der Waals surface area contributed by atoms with E-state index in [4.69, 9.17) is 9.47 Å². The van der Waals surface area contributed by atoms with Crippen molar-refractivity contribution in [2.24, 2.45) is 4.99 Å². The molecule has 126 valence electrons. The van der Waals surface area contributed by atoms with E-state index in [9.17, 15) is 9.59 Å². The van der Waals surface area contributed by atoms with Crippen LogP contribution in [0.15, 0.2) is 40.8 Å². The maximum absolute atomic E-state index is 11.9. The van der Waals surface area contributed by atoms with Gasteiger partial charge in [0.15, 0.2) is 16.7 Å². The number of aliphatic imine (C=N–C) groups is 1. The lowest BCUT2D eigenvalue weighted by molar-refractivity contribution is -0.117. The summed E-state index contributed by atoms with van der Waals surface area (Å²) < 4.78 is 11.1. The number of ether oxygens (including phenoxy) is 2. The van der Waals surface area contributed by atoms with Crippen molar-refractivity contribution in [3.63, 3.8) is 0 Å². The summed E-state index contributed by atoms with van der Waals surface area (Å²) in [5.41, 5.74) is 0.777. The van der Waals surface area contributed by atoms with Crippen molar-refractivity contribution >= 4 is 34.8 Å². The van der Waals surface area contributed by atoms with E-state index in [0.29, 0.717) is 29.6 Å². The number of carbonyl (C=O) groups is 2. The number of hydrogen-bond acceptors (Lipinski definition) is 5. The van der Waals surface area contributed by atoms with Crippen LogP contribution in [0, 0.1) is 0 Å². The number of amidine groups is 1. The zero-order valence-electron chi connectivity index (χ0n) is 13.5. The molecule has 0 radical (unpaired) electrons. The monoisotopic (exact) mass is 346 g/mol. The maximum Gasteiger partial charge on any atom is 0.286 e. The third-order valence-electron chi connectivity index (χ3n) is 2.83. The molecular weight excluding hydrogens is 328 g/mol. The highest BCUT2D eigenvalue weighted by molar-refractivity contribution is 8.18. The lowest BCUT2D eigenvalue weighted by atomic mass is 10.2. The Morgan fingerprint density at radius 3 is 2.83 bits per heavy atom. The van der Waals surface area contributed by atoms with Crippen LogP contribution in [0.4, 0.5) is 0 Å². The van der Waals surface area contributed by atoms with Crippen molar-refractivity contribution in [2.75, 3.05) is 13.2 Å². The van der Waals surface area contributed by atoms with Crippen molar-refractivity contribution in [3.05, 3.63) is 41.3 Å². The van der Waals surface area contributed by atoms with E-state index < -0.39 is 0 Å². The van der Waals surface area contributed by atoms with Crippen LogP contribution in [0.25, 0.3) is 6.08 Å². The predicted octanol–water partition coefficient (Wildman–Crippen LogP) is 2.76. The molecule has 2 amide bonds. The molecule has 0 atom stereocenters. The first kappa shape index (κ1) is 17.8. The Kier molecular flexibility index (Phi) is 6.20. The Morgan fingerprint density at radius 1 is 1.38 bits per heavy atom. The van der Waals surface area contributed by atoms with Crippen molar-refractivity contribution in [1.29, 1.82) is 0 Å². The fraction of sp³-hybridized carbons (Fsp3) is 0.235. The van der Waals surface area contributed by atoms with Gasteiger partial charge in [-0.1, -0.05) is 18.7 Å². The molecule has 24 heavy (non-hydrogen) atoms. The van der Waals surface area contributed by atoms with Crippen LogP contribution in [0.5, 0.6) is 11.5 Å². The molecule has 1 aliphatic rings. The third-order valence-corrected chi connectivity index (χ3v) is 3.72. The second-order valence-electron chi connectivity index (χ2n) is 4.75. The number of nitrogens with one attached hydrogen (secondary N) is 1. The standard InChI is InChI=1S/C17H18N2O4S/c1-4-8-23-13-7-6-12(9-14(13)22-5-2)10-15-16(21)19-17(24-15)18-11(3)20/h4,6-7,9-10H,1,5,8H2,2-3H3,(H,18,19,20,21)/b15-10+. The molecule has 7 heteroatoms. The summed E-state index contributed by atoms with van der Waals surface area (Å²) in [4.78, 5) is 27.2. The van der Waals surface area contributed by atoms with Crippen LogP contribution in [-0.4, -0.2) is 30.2 Å². The van der Waals surface area contributed by atoms with Gasteiger partial charge in [0.05, 0.1) is 11.5 Å². The van der Waals surface area contributed by atoms with E-state index in [1.165, 1.54) is 6.92 Å². The van der Waals surface area contributed by atoms with Gasteiger partial charge < -0.3 is 14.8 Å². The summed E-state index contributed by atoms with van der Waals surface area (Å²) in [7, 11) is 0. The van der Waals surface area contributed by atoms with Crippen LogP contribution >= 0.6 is 11.8 Å². The number of thioether (sulfide) groups is 1. The molecule has 0 fully saturated rings. The average molecular weight is 346 g/mol. The van der Waals surface area contributed by atoms with Gasteiger partial charge in [0.1, 0.15) is 6.61 Å². The highest BCUT2D eigenvalue weighted by atomic mass is 32.2. The van der Waals surface area contributed by atoms with Crippen molar-refractivity contribution in [3.8, 4) is 11.5 Å². The molecular formula is C17H18N2O4S. The van der Waals surface area contributed by atoms with Gasteiger partial charge in [-0.05, 0) is 42.5 Å². The zero-order chi connectivity index (χ0) is 17.5. The van der Waals surface area contributed by atoms with Gasteiger partial charge in [0.2, 0.25) is 5.91 Å². The van der Waals surface area contributed by atoms with Crippen LogP contribution in [0.3, 0.4) is 0 Å². The van der Waals surface area contributed by atoms with Crippen LogP contribution in [0.1, 0.15) is 19.4 Å². The lowest BCUT2D eigenvalue weighted by Crippen LogP contribution is -2.23. The number of amides is 2. The summed E-state index contributed by atoms with van der Waals surface area (Å²) in [6.45, 7) is 7.73. The normalized spacial score (nSPS) is 15.2. The van der Waals surface area contributed by atoms with E-state index in [1.807, 2.05) is 13.0 Å². The Labute approximate surface area is 144 Å². The number of carbonyl (C=O) groups excluding carboxylic acids is 2. The smallest absolute Gasteiger partial charge is 0.286 e. The van der Waals surface area contributed by atoms with Gasteiger partial charge in [0.25, 0.3) is 5.91 Å². The molecule has 1 aromatic carbocycles. The molecule has 0 unspecified atom stereocenters. The van der Waals surface area contributed by atoms with Gasteiger partial charge in [-0.2, -0.15) is 4.99 Å². The first-order valence-electron chi connectivity index (χ1n) is 7.34. The minimum atomic E-state index is -0.381.